The van der Waals surface area contributed by atoms with Gasteiger partial charge in [-0.05, 0) is 61.3 Å². The second-order valence-corrected chi connectivity index (χ2v) is 6.27. The van der Waals surface area contributed by atoms with Crippen molar-refractivity contribution in [3.05, 3.63) is 59.7 Å². The Morgan fingerprint density at radius 2 is 1.88 bits per heavy atom. The van der Waals surface area contributed by atoms with Gasteiger partial charge in [0.05, 0.1) is 11.6 Å². The van der Waals surface area contributed by atoms with Gasteiger partial charge in [0.15, 0.2) is 0 Å². The van der Waals surface area contributed by atoms with E-state index >= 15 is 0 Å². The zero-order valence-electron chi connectivity index (χ0n) is 14.1. The van der Waals surface area contributed by atoms with E-state index in [1.54, 1.807) is 0 Å². The van der Waals surface area contributed by atoms with Crippen molar-refractivity contribution < 1.29 is 18.0 Å². The van der Waals surface area contributed by atoms with Gasteiger partial charge in [-0.1, -0.05) is 12.1 Å². The zero-order valence-corrected chi connectivity index (χ0v) is 14.1. The second-order valence-electron chi connectivity index (χ2n) is 6.27. The van der Waals surface area contributed by atoms with Crippen LogP contribution in [0, 0.1) is 0 Å². The largest absolute Gasteiger partial charge is 0.416 e. The van der Waals surface area contributed by atoms with E-state index < -0.39 is 11.7 Å². The Kier molecular flexibility index (Phi) is 5.46. The van der Waals surface area contributed by atoms with Gasteiger partial charge in [-0.3, -0.25) is 4.79 Å². The van der Waals surface area contributed by atoms with Gasteiger partial charge in [-0.25, -0.2) is 0 Å². The molecule has 2 aromatic carbocycles. The predicted octanol–water partition coefficient (Wildman–Crippen LogP) is 3.82. The number of hydrogen-bond donors (Lipinski definition) is 3. The molecule has 4 nitrogen and oxygen atoms in total. The van der Waals surface area contributed by atoms with Crippen molar-refractivity contribution in [1.29, 1.82) is 0 Å². The van der Waals surface area contributed by atoms with Crippen LogP contribution in [-0.4, -0.2) is 18.5 Å². The Morgan fingerprint density at radius 3 is 2.54 bits per heavy atom. The van der Waals surface area contributed by atoms with Crippen LogP contribution in [0.5, 0.6) is 0 Å². The number of rotatable bonds is 5. The number of carbonyl (C=O) groups excluding carboxylic acids is 1. The lowest BCUT2D eigenvalue weighted by molar-refractivity contribution is -0.137. The quantitative estimate of drug-likeness (QED) is 0.757. The highest BCUT2D eigenvalue weighted by Gasteiger charge is 2.29. The van der Waals surface area contributed by atoms with Crippen LogP contribution < -0.4 is 16.0 Å². The molecule has 0 unspecified atom stereocenters. The Bertz CT molecular complexity index is 753. The van der Waals surface area contributed by atoms with Crippen LogP contribution in [0.1, 0.15) is 24.0 Å². The van der Waals surface area contributed by atoms with Gasteiger partial charge in [0.25, 0.3) is 0 Å². The SMILES string of the molecule is O=C(NCc1cccc(Nc2ccc(C(F)(F)F)cc2)c1)[C@@H]1CCCN1. The number of benzene rings is 2. The molecule has 1 amide bonds. The minimum atomic E-state index is -4.34. The minimum absolute atomic E-state index is 0.0106. The molecule has 1 aliphatic rings. The lowest BCUT2D eigenvalue weighted by Crippen LogP contribution is -2.39. The Labute approximate surface area is 149 Å². The molecule has 0 aliphatic carbocycles. The Hall–Kier alpha value is -2.54. The summed E-state index contributed by atoms with van der Waals surface area (Å²) >= 11 is 0. The van der Waals surface area contributed by atoms with Crippen molar-refractivity contribution in [1.82, 2.24) is 10.6 Å². The molecule has 2 aromatic rings. The molecule has 1 saturated heterocycles. The molecular weight excluding hydrogens is 343 g/mol. The maximum Gasteiger partial charge on any atom is 0.416 e. The molecule has 1 fully saturated rings. The summed E-state index contributed by atoms with van der Waals surface area (Å²) in [6.45, 7) is 1.27. The molecule has 7 heteroatoms. The molecule has 0 bridgehead atoms. The van der Waals surface area contributed by atoms with Gasteiger partial charge in [0.1, 0.15) is 0 Å². The summed E-state index contributed by atoms with van der Waals surface area (Å²) in [6, 6.07) is 12.2. The summed E-state index contributed by atoms with van der Waals surface area (Å²) in [5, 5.41) is 9.12. The van der Waals surface area contributed by atoms with Crippen LogP contribution in [0.25, 0.3) is 0 Å². The van der Waals surface area contributed by atoms with Crippen LogP contribution in [-0.2, 0) is 17.5 Å². The smallest absolute Gasteiger partial charge is 0.356 e. The zero-order chi connectivity index (χ0) is 18.6. The summed E-state index contributed by atoms with van der Waals surface area (Å²) in [5.74, 6) is -0.0106. The molecule has 0 aromatic heterocycles. The first-order valence-corrected chi connectivity index (χ1v) is 8.46. The lowest BCUT2D eigenvalue weighted by Gasteiger charge is -2.13. The van der Waals surface area contributed by atoms with Crippen LogP contribution in [0.2, 0.25) is 0 Å². The van der Waals surface area contributed by atoms with E-state index in [1.807, 2.05) is 24.3 Å². The third kappa shape index (κ3) is 4.76. The molecule has 138 valence electrons. The normalized spacial score (nSPS) is 17.1. The van der Waals surface area contributed by atoms with Crippen molar-refractivity contribution in [2.45, 2.75) is 31.6 Å². The molecule has 1 atom stereocenters. The molecule has 0 radical (unpaired) electrons. The maximum absolute atomic E-state index is 12.6. The highest BCUT2D eigenvalue weighted by molar-refractivity contribution is 5.82. The molecule has 3 rings (SSSR count). The summed E-state index contributed by atoms with van der Waals surface area (Å²) in [7, 11) is 0. The van der Waals surface area contributed by atoms with Crippen LogP contribution >= 0.6 is 0 Å². The summed E-state index contributed by atoms with van der Waals surface area (Å²) in [5.41, 5.74) is 1.54. The first-order valence-electron chi connectivity index (χ1n) is 8.46. The van der Waals surface area contributed by atoms with Gasteiger partial charge in [0, 0.05) is 17.9 Å². The fourth-order valence-electron chi connectivity index (χ4n) is 2.89. The van der Waals surface area contributed by atoms with Gasteiger partial charge >= 0.3 is 6.18 Å². The summed E-state index contributed by atoms with van der Waals surface area (Å²) in [6.07, 6.45) is -2.49. The average Bonchev–Trinajstić information content (AvgIpc) is 3.14. The first kappa shape index (κ1) is 18.3. The molecule has 3 N–H and O–H groups in total. The highest BCUT2D eigenvalue weighted by Crippen LogP contribution is 2.30. The fourth-order valence-corrected chi connectivity index (χ4v) is 2.89. The number of carbonyl (C=O) groups is 1. The molecule has 1 aliphatic heterocycles. The van der Waals surface area contributed by atoms with Crippen molar-refractivity contribution in [2.24, 2.45) is 0 Å². The topological polar surface area (TPSA) is 53.2 Å². The van der Waals surface area contributed by atoms with E-state index in [1.165, 1.54) is 12.1 Å². The number of amides is 1. The number of nitrogens with one attached hydrogen (secondary N) is 3. The molecule has 0 saturated carbocycles. The number of anilines is 2. The Morgan fingerprint density at radius 1 is 1.12 bits per heavy atom. The standard InChI is InChI=1S/C19H20F3N3O/c20-19(21,22)14-6-8-15(9-7-14)25-16-4-1-3-13(11-16)12-24-18(26)17-5-2-10-23-17/h1,3-4,6-9,11,17,23,25H,2,5,10,12H2,(H,24,26)/t17-/m0/s1. The lowest BCUT2D eigenvalue weighted by atomic mass is 10.1. The fraction of sp³-hybridized carbons (Fsp3) is 0.316. The maximum atomic E-state index is 12.6. The van der Waals surface area contributed by atoms with Crippen LogP contribution in [0.15, 0.2) is 48.5 Å². The number of halogens is 3. The van der Waals surface area contributed by atoms with E-state index in [9.17, 15) is 18.0 Å². The summed E-state index contributed by atoms with van der Waals surface area (Å²) < 4.78 is 37.8. The monoisotopic (exact) mass is 363 g/mol. The van der Waals surface area contributed by atoms with E-state index in [-0.39, 0.29) is 11.9 Å². The van der Waals surface area contributed by atoms with Crippen LogP contribution in [0.4, 0.5) is 24.5 Å². The number of alkyl halides is 3. The van der Waals surface area contributed by atoms with E-state index in [0.29, 0.717) is 12.2 Å². The highest BCUT2D eigenvalue weighted by atomic mass is 19.4. The third-order valence-corrected chi connectivity index (χ3v) is 4.27. The Balaban J connectivity index is 1.59. The molecular formula is C19H20F3N3O. The van der Waals surface area contributed by atoms with Crippen molar-refractivity contribution in [2.75, 3.05) is 11.9 Å². The summed E-state index contributed by atoms with van der Waals surface area (Å²) in [4.78, 5) is 12.0. The van der Waals surface area contributed by atoms with Crippen LogP contribution in [0.3, 0.4) is 0 Å². The molecule has 1 heterocycles. The van der Waals surface area contributed by atoms with E-state index in [0.717, 1.165) is 42.8 Å². The van der Waals surface area contributed by atoms with Gasteiger partial charge in [0.2, 0.25) is 5.91 Å². The predicted molar refractivity (Wildman–Crippen MR) is 94.0 cm³/mol. The van der Waals surface area contributed by atoms with Crippen molar-refractivity contribution in [3.63, 3.8) is 0 Å². The first-order chi connectivity index (χ1) is 12.4. The van der Waals surface area contributed by atoms with Gasteiger partial charge in [-0.15, -0.1) is 0 Å². The van der Waals surface area contributed by atoms with Gasteiger partial charge in [-0.2, -0.15) is 13.2 Å². The van der Waals surface area contributed by atoms with E-state index in [4.69, 9.17) is 0 Å². The second kappa shape index (κ2) is 7.78. The molecule has 0 spiro atoms. The molecule has 26 heavy (non-hydrogen) atoms. The van der Waals surface area contributed by atoms with Crippen molar-refractivity contribution >= 4 is 17.3 Å². The van der Waals surface area contributed by atoms with Gasteiger partial charge < -0.3 is 16.0 Å². The minimum Gasteiger partial charge on any atom is -0.356 e. The van der Waals surface area contributed by atoms with Crippen molar-refractivity contribution in [3.8, 4) is 0 Å². The van der Waals surface area contributed by atoms with E-state index in [2.05, 4.69) is 16.0 Å². The third-order valence-electron chi connectivity index (χ3n) is 4.27. The number of hydrogen-bond acceptors (Lipinski definition) is 3. The average molecular weight is 363 g/mol.